The zero-order chi connectivity index (χ0) is 11.1. The van der Waals surface area contributed by atoms with E-state index in [9.17, 15) is 0 Å². The molecule has 1 aromatic heterocycles. The van der Waals surface area contributed by atoms with E-state index in [4.69, 9.17) is 16.3 Å². The predicted molar refractivity (Wildman–Crippen MR) is 66.5 cm³/mol. The molecule has 1 aliphatic rings. The smallest absolute Gasteiger partial charge is 0.125 e. The second kappa shape index (κ2) is 3.75. The van der Waals surface area contributed by atoms with Gasteiger partial charge in [-0.2, -0.15) is 0 Å². The van der Waals surface area contributed by atoms with Crippen molar-refractivity contribution in [2.45, 2.75) is 13.3 Å². The van der Waals surface area contributed by atoms with Crippen molar-refractivity contribution < 1.29 is 4.74 Å². The van der Waals surface area contributed by atoms with Crippen molar-refractivity contribution in [3.05, 3.63) is 33.8 Å². The maximum atomic E-state index is 6.03. The van der Waals surface area contributed by atoms with Crippen LogP contribution in [-0.2, 0) is 6.42 Å². The molecule has 0 N–H and O–H groups in total. The number of nitrogens with zero attached hydrogens (tertiary/aromatic N) is 1. The molecule has 1 aliphatic heterocycles. The van der Waals surface area contributed by atoms with Crippen LogP contribution in [0.1, 0.15) is 11.3 Å². The number of aromatic nitrogens is 1. The second-order valence-electron chi connectivity index (χ2n) is 3.80. The van der Waals surface area contributed by atoms with E-state index >= 15 is 0 Å². The van der Waals surface area contributed by atoms with Crippen molar-refractivity contribution in [3.8, 4) is 16.3 Å². The summed E-state index contributed by atoms with van der Waals surface area (Å²) in [7, 11) is 0. The Kier molecular flexibility index (Phi) is 2.37. The van der Waals surface area contributed by atoms with Gasteiger partial charge in [0.2, 0.25) is 0 Å². The van der Waals surface area contributed by atoms with E-state index < -0.39 is 0 Å². The Balaban J connectivity index is 2.07. The standard InChI is InChI=1S/C12H10ClNOS/c1-7-11(13)16-12(14-7)9-2-3-10-8(6-9)4-5-15-10/h2-3,6H,4-5H2,1H3. The summed E-state index contributed by atoms with van der Waals surface area (Å²) in [5, 5.41) is 0.984. The monoisotopic (exact) mass is 251 g/mol. The zero-order valence-electron chi connectivity index (χ0n) is 8.79. The van der Waals surface area contributed by atoms with Gasteiger partial charge >= 0.3 is 0 Å². The molecule has 0 fully saturated rings. The van der Waals surface area contributed by atoms with Gasteiger partial charge in [-0.25, -0.2) is 4.98 Å². The normalized spacial score (nSPS) is 13.6. The van der Waals surface area contributed by atoms with Gasteiger partial charge in [-0.15, -0.1) is 11.3 Å². The number of ether oxygens (including phenoxy) is 1. The number of aryl methyl sites for hydroxylation is 1. The molecular weight excluding hydrogens is 242 g/mol. The molecule has 16 heavy (non-hydrogen) atoms. The molecule has 0 saturated heterocycles. The van der Waals surface area contributed by atoms with Crippen LogP contribution in [0.4, 0.5) is 0 Å². The zero-order valence-corrected chi connectivity index (χ0v) is 10.4. The maximum Gasteiger partial charge on any atom is 0.125 e. The third-order valence-corrected chi connectivity index (χ3v) is 4.18. The Bertz CT molecular complexity index is 530. The van der Waals surface area contributed by atoms with Crippen LogP contribution in [-0.4, -0.2) is 11.6 Å². The first-order chi connectivity index (χ1) is 7.74. The van der Waals surface area contributed by atoms with E-state index in [0.717, 1.165) is 39.4 Å². The molecule has 0 radical (unpaired) electrons. The van der Waals surface area contributed by atoms with Crippen LogP contribution in [0.25, 0.3) is 10.6 Å². The summed E-state index contributed by atoms with van der Waals surface area (Å²) in [6, 6.07) is 6.21. The Morgan fingerprint density at radius 3 is 3.06 bits per heavy atom. The number of thiazole rings is 1. The molecule has 3 rings (SSSR count). The van der Waals surface area contributed by atoms with Gasteiger partial charge in [0.1, 0.15) is 15.1 Å². The number of rotatable bonds is 1. The summed E-state index contributed by atoms with van der Waals surface area (Å²) in [6.45, 7) is 2.72. The van der Waals surface area contributed by atoms with Gasteiger partial charge in [-0.05, 0) is 30.7 Å². The summed E-state index contributed by atoms with van der Waals surface area (Å²) >= 11 is 7.55. The molecule has 2 aromatic rings. The lowest BCUT2D eigenvalue weighted by molar-refractivity contribution is 0.357. The lowest BCUT2D eigenvalue weighted by Gasteiger charge is -2.00. The number of hydrogen-bond donors (Lipinski definition) is 0. The van der Waals surface area contributed by atoms with Crippen LogP contribution >= 0.6 is 22.9 Å². The lowest BCUT2D eigenvalue weighted by Crippen LogP contribution is -1.85. The molecule has 2 heterocycles. The minimum absolute atomic E-state index is 0.770. The molecule has 0 amide bonds. The molecule has 0 unspecified atom stereocenters. The second-order valence-corrected chi connectivity index (χ2v) is 5.40. The van der Waals surface area contributed by atoms with E-state index in [-0.39, 0.29) is 0 Å². The molecule has 2 nitrogen and oxygen atoms in total. The van der Waals surface area contributed by atoms with Crippen LogP contribution in [0, 0.1) is 6.92 Å². The van der Waals surface area contributed by atoms with Crippen LogP contribution in [0.3, 0.4) is 0 Å². The van der Waals surface area contributed by atoms with Gasteiger partial charge in [0.15, 0.2) is 0 Å². The van der Waals surface area contributed by atoms with Gasteiger partial charge in [-0.3, -0.25) is 0 Å². The molecule has 4 heteroatoms. The van der Waals surface area contributed by atoms with Gasteiger partial charge in [0.25, 0.3) is 0 Å². The SMILES string of the molecule is Cc1nc(-c2ccc3c(c2)CCO3)sc1Cl. The Hall–Kier alpha value is -1.06. The molecule has 0 saturated carbocycles. The molecule has 0 spiro atoms. The molecule has 0 atom stereocenters. The van der Waals surface area contributed by atoms with Crippen LogP contribution in [0.5, 0.6) is 5.75 Å². The van der Waals surface area contributed by atoms with Gasteiger partial charge in [0.05, 0.1) is 12.3 Å². The first-order valence-corrected chi connectivity index (χ1v) is 6.32. The number of hydrogen-bond acceptors (Lipinski definition) is 3. The summed E-state index contributed by atoms with van der Waals surface area (Å²) in [4.78, 5) is 4.45. The predicted octanol–water partition coefficient (Wildman–Crippen LogP) is 3.71. The molecule has 82 valence electrons. The highest BCUT2D eigenvalue weighted by Crippen LogP contribution is 2.34. The first-order valence-electron chi connectivity index (χ1n) is 5.13. The largest absolute Gasteiger partial charge is 0.493 e. The van der Waals surface area contributed by atoms with E-state index in [0.29, 0.717) is 0 Å². The molecule has 0 bridgehead atoms. The Morgan fingerprint density at radius 1 is 1.44 bits per heavy atom. The van der Waals surface area contributed by atoms with Crippen molar-refractivity contribution in [2.75, 3.05) is 6.61 Å². The third-order valence-electron chi connectivity index (χ3n) is 2.68. The quantitative estimate of drug-likeness (QED) is 0.771. The molecule has 0 aliphatic carbocycles. The van der Waals surface area contributed by atoms with E-state index in [1.165, 1.54) is 16.9 Å². The number of halogens is 1. The highest BCUT2D eigenvalue weighted by Gasteiger charge is 2.14. The fraction of sp³-hybridized carbons (Fsp3) is 0.250. The van der Waals surface area contributed by atoms with E-state index in [1.807, 2.05) is 19.1 Å². The van der Waals surface area contributed by atoms with Crippen molar-refractivity contribution >= 4 is 22.9 Å². The van der Waals surface area contributed by atoms with E-state index in [1.54, 1.807) is 0 Å². The van der Waals surface area contributed by atoms with Crippen molar-refractivity contribution in [3.63, 3.8) is 0 Å². The summed E-state index contributed by atoms with van der Waals surface area (Å²) in [5.41, 5.74) is 3.30. The fourth-order valence-electron chi connectivity index (χ4n) is 1.82. The van der Waals surface area contributed by atoms with Crippen molar-refractivity contribution in [1.82, 2.24) is 4.98 Å². The van der Waals surface area contributed by atoms with Crippen molar-refractivity contribution in [1.29, 1.82) is 0 Å². The van der Waals surface area contributed by atoms with Crippen LogP contribution in [0.15, 0.2) is 18.2 Å². The molecule has 1 aromatic carbocycles. The topological polar surface area (TPSA) is 22.1 Å². The Morgan fingerprint density at radius 2 is 2.31 bits per heavy atom. The number of fused-ring (bicyclic) bond motifs is 1. The highest BCUT2D eigenvalue weighted by molar-refractivity contribution is 7.19. The van der Waals surface area contributed by atoms with E-state index in [2.05, 4.69) is 11.1 Å². The van der Waals surface area contributed by atoms with Crippen LogP contribution in [0.2, 0.25) is 4.34 Å². The molecular formula is C12H10ClNOS. The average Bonchev–Trinajstić information content (AvgIpc) is 2.85. The number of benzene rings is 1. The van der Waals surface area contributed by atoms with Crippen molar-refractivity contribution in [2.24, 2.45) is 0 Å². The average molecular weight is 252 g/mol. The minimum Gasteiger partial charge on any atom is -0.493 e. The van der Waals surface area contributed by atoms with Crippen LogP contribution < -0.4 is 4.74 Å². The summed E-state index contributed by atoms with van der Waals surface area (Å²) in [6.07, 6.45) is 0.987. The lowest BCUT2D eigenvalue weighted by atomic mass is 10.1. The van der Waals surface area contributed by atoms with Gasteiger partial charge in [-0.1, -0.05) is 11.6 Å². The fourth-order valence-corrected chi connectivity index (χ4v) is 2.87. The maximum absolute atomic E-state index is 6.03. The summed E-state index contributed by atoms with van der Waals surface area (Å²) in [5.74, 6) is 1.00. The minimum atomic E-state index is 0.770. The first kappa shape index (κ1) is 10.1. The van der Waals surface area contributed by atoms with Gasteiger partial charge in [0, 0.05) is 12.0 Å². The third kappa shape index (κ3) is 1.60. The van der Waals surface area contributed by atoms with Gasteiger partial charge < -0.3 is 4.74 Å². The summed E-state index contributed by atoms with van der Waals surface area (Å²) < 4.78 is 6.25. The highest BCUT2D eigenvalue weighted by atomic mass is 35.5. The Labute approximate surface area is 103 Å².